The van der Waals surface area contributed by atoms with Crippen LogP contribution in [0.1, 0.15) is 43.6 Å². The number of anilines is 2. The molecule has 2 aromatic rings. The Morgan fingerprint density at radius 3 is 2.76 bits per heavy atom. The zero-order chi connectivity index (χ0) is 29.5. The average Bonchev–Trinajstić information content (AvgIpc) is 3.78. The number of thiazole rings is 1. The first-order valence-corrected chi connectivity index (χ1v) is 14.2. The van der Waals surface area contributed by atoms with Crippen molar-refractivity contribution in [2.24, 2.45) is 5.16 Å². The Kier molecular flexibility index (Phi) is 7.14. The number of carboxylic acid groups (broad SMARTS) is 1. The number of aryl methyl sites for hydroxylation is 1. The summed E-state index contributed by atoms with van der Waals surface area (Å²) < 4.78 is 10.8. The number of carbonyl (C=O) groups is 4. The number of allylic oxidation sites excluding steroid dienone is 1. The SMILES string of the molecule is Cc1cc(N2CC/C(=C\C3=C(C(=O)O)N4C(=O)C(NC(=O)/C(=N\OC5CCCC5)c5csc(N)n5)[C@H]4CO3)C2=O)no1. The van der Waals surface area contributed by atoms with Crippen molar-refractivity contribution in [2.45, 2.75) is 57.2 Å². The smallest absolute Gasteiger partial charge is 0.356 e. The van der Waals surface area contributed by atoms with Crippen molar-refractivity contribution in [2.75, 3.05) is 23.8 Å². The molecule has 2 aromatic heterocycles. The van der Waals surface area contributed by atoms with E-state index < -0.39 is 35.6 Å². The molecule has 1 saturated carbocycles. The van der Waals surface area contributed by atoms with Crippen LogP contribution in [-0.2, 0) is 28.8 Å². The molecule has 4 N–H and O–H groups in total. The number of oxime groups is 1. The summed E-state index contributed by atoms with van der Waals surface area (Å²) in [5.41, 5.74) is 5.70. The Morgan fingerprint density at radius 2 is 2.10 bits per heavy atom. The van der Waals surface area contributed by atoms with Gasteiger partial charge in [-0.3, -0.25) is 24.2 Å². The van der Waals surface area contributed by atoms with Crippen LogP contribution < -0.4 is 16.0 Å². The predicted octanol–water partition coefficient (Wildman–Crippen LogP) is 1.07. The van der Waals surface area contributed by atoms with E-state index in [-0.39, 0.29) is 40.9 Å². The molecule has 1 aliphatic carbocycles. The van der Waals surface area contributed by atoms with E-state index in [1.807, 2.05) is 0 Å². The normalized spacial score (nSPS) is 23.7. The minimum absolute atomic E-state index is 0.109. The van der Waals surface area contributed by atoms with Gasteiger partial charge < -0.3 is 30.3 Å². The van der Waals surface area contributed by atoms with E-state index in [1.54, 1.807) is 18.4 Å². The third-order valence-corrected chi connectivity index (χ3v) is 8.16. The zero-order valence-electron chi connectivity index (χ0n) is 22.4. The zero-order valence-corrected chi connectivity index (χ0v) is 23.3. The number of fused-ring (bicyclic) bond motifs is 1. The van der Waals surface area contributed by atoms with E-state index in [0.29, 0.717) is 30.1 Å². The number of rotatable bonds is 8. The van der Waals surface area contributed by atoms with Gasteiger partial charge in [0.15, 0.2) is 28.1 Å². The van der Waals surface area contributed by atoms with E-state index in [2.05, 4.69) is 20.6 Å². The fourth-order valence-electron chi connectivity index (χ4n) is 5.37. The summed E-state index contributed by atoms with van der Waals surface area (Å²) in [6.07, 6.45) is 5.18. The number of β-lactam (4-membered cyclic amide) rings is 1. The van der Waals surface area contributed by atoms with Gasteiger partial charge in [-0.15, -0.1) is 11.3 Å². The van der Waals surface area contributed by atoms with E-state index in [9.17, 15) is 24.3 Å². The van der Waals surface area contributed by atoms with E-state index in [0.717, 1.165) is 41.9 Å². The van der Waals surface area contributed by atoms with Crippen LogP contribution in [0.3, 0.4) is 0 Å². The summed E-state index contributed by atoms with van der Waals surface area (Å²) in [6, 6.07) is -0.244. The number of nitrogens with one attached hydrogen (secondary N) is 1. The Morgan fingerprint density at radius 1 is 1.31 bits per heavy atom. The highest BCUT2D eigenvalue weighted by Gasteiger charge is 2.55. The van der Waals surface area contributed by atoms with Crippen molar-refractivity contribution >= 4 is 51.7 Å². The number of nitrogen functional groups attached to an aromatic ring is 1. The first-order chi connectivity index (χ1) is 20.2. The Hall–Kier alpha value is -4.73. The fourth-order valence-corrected chi connectivity index (χ4v) is 5.91. The number of nitrogens with two attached hydrogens (primary N) is 1. The van der Waals surface area contributed by atoms with Crippen LogP contribution in [0.5, 0.6) is 0 Å². The summed E-state index contributed by atoms with van der Waals surface area (Å²) in [6.45, 7) is 1.92. The van der Waals surface area contributed by atoms with E-state index in [4.69, 9.17) is 19.8 Å². The van der Waals surface area contributed by atoms with Crippen LogP contribution in [0.15, 0.2) is 44.2 Å². The maximum atomic E-state index is 13.3. The van der Waals surface area contributed by atoms with Gasteiger partial charge in [-0.05, 0) is 45.1 Å². The number of aliphatic carboxylic acids is 1. The molecule has 2 saturated heterocycles. The second-order valence-electron chi connectivity index (χ2n) is 10.3. The molecule has 15 nitrogen and oxygen atoms in total. The van der Waals surface area contributed by atoms with Gasteiger partial charge in [-0.25, -0.2) is 9.78 Å². The summed E-state index contributed by atoms with van der Waals surface area (Å²) in [5.74, 6) is -2.37. The van der Waals surface area contributed by atoms with Crippen LogP contribution in [0, 0.1) is 6.92 Å². The number of ether oxygens (including phenoxy) is 1. The van der Waals surface area contributed by atoms with Crippen molar-refractivity contribution in [1.29, 1.82) is 0 Å². The maximum absolute atomic E-state index is 13.3. The topological polar surface area (TPSA) is 203 Å². The van der Waals surface area contributed by atoms with Crippen LogP contribution in [0.4, 0.5) is 10.9 Å². The predicted molar refractivity (Wildman–Crippen MR) is 146 cm³/mol. The molecule has 0 spiro atoms. The number of amides is 3. The first-order valence-electron chi connectivity index (χ1n) is 13.4. The summed E-state index contributed by atoms with van der Waals surface area (Å²) in [4.78, 5) is 63.9. The molecule has 3 aliphatic heterocycles. The van der Waals surface area contributed by atoms with Crippen LogP contribution in [0.2, 0.25) is 0 Å². The molecule has 16 heteroatoms. The Labute approximate surface area is 242 Å². The number of hydrogen-bond donors (Lipinski definition) is 3. The lowest BCUT2D eigenvalue weighted by Gasteiger charge is -2.49. The van der Waals surface area contributed by atoms with Crippen molar-refractivity contribution in [3.8, 4) is 0 Å². The molecule has 0 radical (unpaired) electrons. The number of carboxylic acids is 1. The van der Waals surface area contributed by atoms with Crippen LogP contribution in [0.25, 0.3) is 0 Å². The number of aromatic nitrogens is 2. The van der Waals surface area contributed by atoms with Gasteiger partial charge in [0.25, 0.3) is 17.7 Å². The first kappa shape index (κ1) is 27.4. The molecule has 220 valence electrons. The Bertz CT molecular complexity index is 1550. The molecular weight excluding hydrogens is 570 g/mol. The third kappa shape index (κ3) is 4.97. The van der Waals surface area contributed by atoms with Crippen LogP contribution >= 0.6 is 11.3 Å². The van der Waals surface area contributed by atoms with Gasteiger partial charge in [-0.2, -0.15) is 0 Å². The number of hydrogen-bond acceptors (Lipinski definition) is 12. The second-order valence-corrected chi connectivity index (χ2v) is 11.1. The standard InChI is InChI=1S/C26H27N7O8S/c1-12-8-18(30-40-12)32-7-6-13(23(32)35)9-17-21(25(37)38)33-16(10-39-17)20(24(33)36)29-22(34)19(15-11-42-26(27)28-15)31-41-14-4-2-3-5-14/h8-9,11,14,16,20H,2-7,10H2,1H3,(H2,27,28)(H,29,34)(H,37,38)/b13-9+,31-19-/t16-,20?/m1/s1. The highest BCUT2D eigenvalue weighted by molar-refractivity contribution is 7.13. The molecule has 1 unspecified atom stereocenters. The second kappa shape index (κ2) is 10.9. The van der Waals surface area contributed by atoms with Gasteiger partial charge in [0.05, 0.1) is 0 Å². The molecule has 3 fully saturated rings. The summed E-state index contributed by atoms with van der Waals surface area (Å²) >= 11 is 1.13. The lowest BCUT2D eigenvalue weighted by atomic mass is 9.92. The van der Waals surface area contributed by atoms with Gasteiger partial charge in [0, 0.05) is 23.6 Å². The summed E-state index contributed by atoms with van der Waals surface area (Å²) in [7, 11) is 0. The highest BCUT2D eigenvalue weighted by atomic mass is 32.1. The van der Waals surface area contributed by atoms with E-state index in [1.165, 1.54) is 11.0 Å². The highest BCUT2D eigenvalue weighted by Crippen LogP contribution is 2.35. The molecule has 3 amide bonds. The largest absolute Gasteiger partial charge is 0.489 e. The minimum atomic E-state index is -1.41. The fraction of sp³-hybridized carbons (Fsp3) is 0.423. The van der Waals surface area contributed by atoms with Gasteiger partial charge in [0.1, 0.15) is 36.2 Å². The third-order valence-electron chi connectivity index (χ3n) is 7.49. The molecule has 42 heavy (non-hydrogen) atoms. The van der Waals surface area contributed by atoms with E-state index >= 15 is 0 Å². The number of carbonyl (C=O) groups excluding carboxylic acids is 3. The van der Waals surface area contributed by atoms with Crippen LogP contribution in [-0.4, -0.2) is 80.9 Å². The van der Waals surface area contributed by atoms with Gasteiger partial charge in [-0.1, -0.05) is 10.3 Å². The molecule has 4 aliphatic rings. The number of nitrogens with zero attached hydrogens (tertiary/aromatic N) is 5. The van der Waals surface area contributed by atoms with Crippen molar-refractivity contribution in [3.05, 3.63) is 46.0 Å². The molecule has 0 bridgehead atoms. The monoisotopic (exact) mass is 597 g/mol. The maximum Gasteiger partial charge on any atom is 0.356 e. The van der Waals surface area contributed by atoms with Crippen molar-refractivity contribution < 1.29 is 38.4 Å². The molecule has 2 atom stereocenters. The minimum Gasteiger partial charge on any atom is -0.489 e. The molecule has 6 rings (SSSR count). The van der Waals surface area contributed by atoms with Crippen molar-refractivity contribution in [1.82, 2.24) is 20.4 Å². The molecule has 5 heterocycles. The van der Waals surface area contributed by atoms with Gasteiger partial charge in [0.2, 0.25) is 0 Å². The Balaban J connectivity index is 1.20. The lowest BCUT2D eigenvalue weighted by molar-refractivity contribution is -0.159. The lowest BCUT2D eigenvalue weighted by Crippen LogP contribution is -2.73. The molecule has 0 aromatic carbocycles. The summed E-state index contributed by atoms with van der Waals surface area (Å²) in [5, 5.41) is 22.3. The average molecular weight is 598 g/mol. The molecular formula is C26H27N7O8S. The van der Waals surface area contributed by atoms with Gasteiger partial charge >= 0.3 is 5.97 Å². The van der Waals surface area contributed by atoms with Crippen molar-refractivity contribution in [3.63, 3.8) is 0 Å². The quantitative estimate of drug-likeness (QED) is 0.170.